The summed E-state index contributed by atoms with van der Waals surface area (Å²) in [6.07, 6.45) is 0. The van der Waals surface area contributed by atoms with Gasteiger partial charge in [0.05, 0.1) is 0 Å². The Bertz CT molecular complexity index is 1570. The molecular weight excluding hydrogens is 531 g/mol. The molecule has 0 radical (unpaired) electrons. The highest BCUT2D eigenvalue weighted by Crippen LogP contribution is 2.38. The highest BCUT2D eigenvalue weighted by atomic mass is 32.1. The summed E-state index contributed by atoms with van der Waals surface area (Å²) < 4.78 is 4.71. The Balaban J connectivity index is 1.46. The third kappa shape index (κ3) is 6.50. The molecule has 0 spiro atoms. The number of benzene rings is 4. The zero-order valence-corrected chi connectivity index (χ0v) is 27.3. The van der Waals surface area contributed by atoms with Gasteiger partial charge in [-0.25, -0.2) is 4.98 Å². The fourth-order valence-electron chi connectivity index (χ4n) is 5.00. The second-order valence-electron chi connectivity index (χ2n) is 14.2. The van der Waals surface area contributed by atoms with Crippen molar-refractivity contribution in [2.45, 2.75) is 78.6 Å². The van der Waals surface area contributed by atoms with Gasteiger partial charge in [0.1, 0.15) is 5.01 Å². The Labute approximate surface area is 256 Å². The molecule has 0 unspecified atom stereocenters. The minimum atomic E-state index is 0.105. The van der Waals surface area contributed by atoms with Crippen molar-refractivity contribution in [2.24, 2.45) is 0 Å². The second-order valence-corrected chi connectivity index (χ2v) is 15.0. The lowest BCUT2D eigenvalue weighted by Crippen LogP contribution is -2.14. The molecule has 3 nitrogen and oxygen atoms in total. The largest absolute Gasteiger partial charge is 0.311 e. The van der Waals surface area contributed by atoms with Crippen LogP contribution in [0.5, 0.6) is 0 Å². The van der Waals surface area contributed by atoms with E-state index in [1.807, 2.05) is 0 Å². The zero-order chi connectivity index (χ0) is 30.3. The molecule has 0 saturated heterocycles. The van der Waals surface area contributed by atoms with E-state index in [9.17, 15) is 0 Å². The van der Waals surface area contributed by atoms with Crippen LogP contribution in [0.25, 0.3) is 22.0 Å². The molecule has 216 valence electrons. The molecule has 0 saturated carbocycles. The molecule has 5 rings (SSSR count). The third-order valence-electron chi connectivity index (χ3n) is 7.79. The quantitative estimate of drug-likeness (QED) is 0.209. The summed E-state index contributed by atoms with van der Waals surface area (Å²) in [6.45, 7) is 20.2. The zero-order valence-electron chi connectivity index (χ0n) is 26.5. The van der Waals surface area contributed by atoms with Crippen molar-refractivity contribution in [1.82, 2.24) is 9.36 Å². The standard InChI is InChI=1S/C38H43N3S/c1-36(2,3)28-14-10-27(11-15-28)35-39-34(40-42-35)26-12-20-31(21-13-26)41(32-22-16-29(17-23-32)37(4,5)6)33-24-18-30(19-25-33)38(7,8)9/h10-25H,1-9H3. The number of nitrogens with zero attached hydrogens (tertiary/aromatic N) is 3. The second kappa shape index (κ2) is 11.1. The predicted octanol–water partition coefficient (Wildman–Crippen LogP) is 11.2. The number of anilines is 3. The first kappa shape index (κ1) is 29.7. The number of rotatable bonds is 5. The van der Waals surface area contributed by atoms with Gasteiger partial charge in [0.25, 0.3) is 0 Å². The normalized spacial score (nSPS) is 12.4. The molecule has 0 bridgehead atoms. The van der Waals surface area contributed by atoms with Crippen LogP contribution in [-0.4, -0.2) is 9.36 Å². The molecule has 1 aromatic heterocycles. The Hall–Kier alpha value is -3.76. The van der Waals surface area contributed by atoms with Crippen molar-refractivity contribution < 1.29 is 0 Å². The molecular formula is C38H43N3S. The molecule has 42 heavy (non-hydrogen) atoms. The van der Waals surface area contributed by atoms with E-state index in [4.69, 9.17) is 9.36 Å². The van der Waals surface area contributed by atoms with E-state index < -0.39 is 0 Å². The minimum Gasteiger partial charge on any atom is -0.311 e. The first-order chi connectivity index (χ1) is 19.7. The van der Waals surface area contributed by atoms with Gasteiger partial charge in [-0.3, -0.25) is 0 Å². The summed E-state index contributed by atoms with van der Waals surface area (Å²) in [4.78, 5) is 7.21. The fourth-order valence-corrected chi connectivity index (χ4v) is 5.69. The van der Waals surface area contributed by atoms with Crippen LogP contribution in [0.15, 0.2) is 97.1 Å². The Morgan fingerprint density at radius 2 is 0.786 bits per heavy atom. The molecule has 0 fully saturated rings. The van der Waals surface area contributed by atoms with Crippen LogP contribution >= 0.6 is 11.5 Å². The lowest BCUT2D eigenvalue weighted by Gasteiger charge is -2.28. The highest BCUT2D eigenvalue weighted by molar-refractivity contribution is 7.09. The first-order valence-electron chi connectivity index (χ1n) is 14.8. The van der Waals surface area contributed by atoms with Crippen molar-refractivity contribution >= 4 is 28.6 Å². The predicted molar refractivity (Wildman–Crippen MR) is 182 cm³/mol. The molecule has 0 atom stereocenters. The van der Waals surface area contributed by atoms with Gasteiger partial charge in [-0.2, -0.15) is 4.37 Å². The smallest absolute Gasteiger partial charge is 0.173 e. The van der Waals surface area contributed by atoms with Gasteiger partial charge in [0.2, 0.25) is 0 Å². The van der Waals surface area contributed by atoms with E-state index in [2.05, 4.69) is 164 Å². The van der Waals surface area contributed by atoms with Crippen LogP contribution in [0.1, 0.15) is 79.0 Å². The molecule has 0 aliphatic rings. The SMILES string of the molecule is CC(C)(C)c1ccc(-c2nc(-c3ccc(N(c4ccc(C(C)(C)C)cc4)c4ccc(C(C)(C)C)cc4)cc3)ns2)cc1. The average molecular weight is 574 g/mol. The molecule has 0 aliphatic heterocycles. The molecule has 0 amide bonds. The van der Waals surface area contributed by atoms with E-state index >= 15 is 0 Å². The lowest BCUT2D eigenvalue weighted by atomic mass is 9.86. The van der Waals surface area contributed by atoms with E-state index in [-0.39, 0.29) is 16.2 Å². The van der Waals surface area contributed by atoms with Crippen LogP contribution in [0.3, 0.4) is 0 Å². The van der Waals surface area contributed by atoms with Gasteiger partial charge in [0, 0.05) is 28.2 Å². The van der Waals surface area contributed by atoms with E-state index in [0.717, 1.165) is 39.0 Å². The van der Waals surface area contributed by atoms with Crippen molar-refractivity contribution in [3.63, 3.8) is 0 Å². The summed E-state index contributed by atoms with van der Waals surface area (Å²) in [6, 6.07) is 35.2. The van der Waals surface area contributed by atoms with Gasteiger partial charge in [-0.15, -0.1) is 0 Å². The van der Waals surface area contributed by atoms with Gasteiger partial charge in [-0.1, -0.05) is 111 Å². The Morgan fingerprint density at radius 1 is 0.452 bits per heavy atom. The van der Waals surface area contributed by atoms with Gasteiger partial charge in [0.15, 0.2) is 5.82 Å². The number of hydrogen-bond acceptors (Lipinski definition) is 4. The van der Waals surface area contributed by atoms with Gasteiger partial charge in [-0.05, 0) is 93.0 Å². The summed E-state index contributed by atoms with van der Waals surface area (Å²) in [5, 5.41) is 0.939. The lowest BCUT2D eigenvalue weighted by molar-refractivity contribution is 0.590. The Morgan fingerprint density at radius 3 is 1.17 bits per heavy atom. The summed E-state index contributed by atoms with van der Waals surface area (Å²) in [5.74, 6) is 0.761. The molecule has 4 heteroatoms. The molecule has 0 N–H and O–H groups in total. The van der Waals surface area contributed by atoms with Gasteiger partial charge >= 0.3 is 0 Å². The van der Waals surface area contributed by atoms with Crippen molar-refractivity contribution in [1.29, 1.82) is 0 Å². The number of aromatic nitrogens is 2. The molecule has 4 aromatic carbocycles. The topological polar surface area (TPSA) is 29.0 Å². The summed E-state index contributed by atoms with van der Waals surface area (Å²) in [7, 11) is 0. The summed E-state index contributed by atoms with van der Waals surface area (Å²) >= 11 is 1.45. The van der Waals surface area contributed by atoms with Gasteiger partial charge < -0.3 is 4.90 Å². The molecule has 5 aromatic rings. The number of hydrogen-bond donors (Lipinski definition) is 0. The monoisotopic (exact) mass is 573 g/mol. The van der Waals surface area contributed by atoms with Crippen molar-refractivity contribution in [3.8, 4) is 22.0 Å². The molecule has 0 aliphatic carbocycles. The first-order valence-corrected chi connectivity index (χ1v) is 15.5. The Kier molecular flexibility index (Phi) is 7.89. The van der Waals surface area contributed by atoms with E-state index in [0.29, 0.717) is 0 Å². The highest BCUT2D eigenvalue weighted by Gasteiger charge is 2.19. The average Bonchev–Trinajstić information content (AvgIpc) is 3.43. The van der Waals surface area contributed by atoms with E-state index in [1.54, 1.807) is 0 Å². The maximum atomic E-state index is 4.89. The van der Waals surface area contributed by atoms with Crippen LogP contribution in [0.4, 0.5) is 17.1 Å². The van der Waals surface area contributed by atoms with Crippen molar-refractivity contribution in [3.05, 3.63) is 114 Å². The van der Waals surface area contributed by atoms with Crippen LogP contribution in [-0.2, 0) is 16.2 Å². The maximum Gasteiger partial charge on any atom is 0.173 e. The maximum absolute atomic E-state index is 4.89. The van der Waals surface area contributed by atoms with Crippen LogP contribution < -0.4 is 4.90 Å². The van der Waals surface area contributed by atoms with Crippen molar-refractivity contribution in [2.75, 3.05) is 4.90 Å². The fraction of sp³-hybridized carbons (Fsp3) is 0.316. The summed E-state index contributed by atoms with van der Waals surface area (Å²) in [5.41, 5.74) is 9.77. The minimum absolute atomic E-state index is 0.105. The molecule has 1 heterocycles. The van der Waals surface area contributed by atoms with Crippen LogP contribution in [0.2, 0.25) is 0 Å². The van der Waals surface area contributed by atoms with E-state index in [1.165, 1.54) is 28.2 Å². The van der Waals surface area contributed by atoms with Crippen LogP contribution in [0, 0.1) is 0 Å². The third-order valence-corrected chi connectivity index (χ3v) is 8.55.